The molecule has 0 amide bonds. The van der Waals surface area contributed by atoms with Gasteiger partial charge in [0.2, 0.25) is 0 Å². The van der Waals surface area contributed by atoms with Crippen LogP contribution in [0.4, 0.5) is 5.69 Å². The molecule has 0 heterocycles. The fourth-order valence-electron chi connectivity index (χ4n) is 2.00. The molecule has 0 aliphatic heterocycles. The molecule has 4 heteroatoms. The van der Waals surface area contributed by atoms with Crippen LogP contribution in [-0.4, -0.2) is 24.2 Å². The van der Waals surface area contributed by atoms with E-state index >= 15 is 0 Å². The Balaban J connectivity index is 2.89. The number of methoxy groups -OCH3 is 1. The molecule has 0 bridgehead atoms. The summed E-state index contributed by atoms with van der Waals surface area (Å²) in [5.41, 5.74) is 1.03. The predicted molar refractivity (Wildman–Crippen MR) is 77.2 cm³/mol. The van der Waals surface area contributed by atoms with E-state index in [0.29, 0.717) is 11.8 Å². The van der Waals surface area contributed by atoms with Crippen LogP contribution in [0.2, 0.25) is 0 Å². The average molecular weight is 265 g/mol. The average Bonchev–Trinajstić information content (AvgIpc) is 2.43. The number of hydrogen-bond acceptors (Lipinski definition) is 3. The number of carbonyl (C=O) groups is 1. The molecule has 1 rings (SSSR count). The van der Waals surface area contributed by atoms with Crippen molar-refractivity contribution in [1.82, 2.24) is 0 Å². The second-order valence-corrected chi connectivity index (χ2v) is 4.61. The van der Waals surface area contributed by atoms with E-state index in [1.165, 1.54) is 0 Å². The van der Waals surface area contributed by atoms with Gasteiger partial charge in [-0.3, -0.25) is 0 Å². The Labute approximate surface area is 114 Å². The van der Waals surface area contributed by atoms with Crippen molar-refractivity contribution in [2.45, 2.75) is 45.6 Å². The van der Waals surface area contributed by atoms with Gasteiger partial charge in [0.1, 0.15) is 5.75 Å². The maximum atomic E-state index is 11.0. The van der Waals surface area contributed by atoms with Gasteiger partial charge in [0.15, 0.2) is 0 Å². The largest absolute Gasteiger partial charge is 0.495 e. The second kappa shape index (κ2) is 7.67. The highest BCUT2D eigenvalue weighted by atomic mass is 16.5. The van der Waals surface area contributed by atoms with E-state index in [0.717, 1.165) is 31.4 Å². The minimum absolute atomic E-state index is 0.272. The number of carboxylic acid groups (broad SMARTS) is 1. The van der Waals surface area contributed by atoms with E-state index in [9.17, 15) is 4.79 Å². The van der Waals surface area contributed by atoms with Crippen molar-refractivity contribution >= 4 is 11.7 Å². The molecule has 1 atom stereocenters. The van der Waals surface area contributed by atoms with Crippen LogP contribution in [0.15, 0.2) is 18.2 Å². The van der Waals surface area contributed by atoms with Gasteiger partial charge >= 0.3 is 5.97 Å². The van der Waals surface area contributed by atoms with E-state index in [-0.39, 0.29) is 5.56 Å². The van der Waals surface area contributed by atoms with Crippen molar-refractivity contribution in [2.24, 2.45) is 0 Å². The van der Waals surface area contributed by atoms with E-state index in [4.69, 9.17) is 9.84 Å². The van der Waals surface area contributed by atoms with Crippen molar-refractivity contribution < 1.29 is 14.6 Å². The number of hydrogen-bond donors (Lipinski definition) is 2. The van der Waals surface area contributed by atoms with Crippen LogP contribution < -0.4 is 10.1 Å². The Morgan fingerprint density at radius 3 is 2.68 bits per heavy atom. The summed E-state index contributed by atoms with van der Waals surface area (Å²) in [6.07, 6.45) is 4.39. The molecule has 1 aromatic carbocycles. The molecule has 0 saturated heterocycles. The number of carboxylic acids is 1. The van der Waals surface area contributed by atoms with E-state index in [2.05, 4.69) is 19.2 Å². The molecular formula is C15H23NO3. The van der Waals surface area contributed by atoms with Crippen molar-refractivity contribution in [3.8, 4) is 5.75 Å². The number of unbranched alkanes of at least 4 members (excludes halogenated alkanes) is 1. The molecule has 0 aliphatic rings. The number of ether oxygens (including phenoxy) is 1. The van der Waals surface area contributed by atoms with Crippen LogP contribution >= 0.6 is 0 Å². The number of nitrogens with one attached hydrogen (secondary N) is 1. The monoisotopic (exact) mass is 265 g/mol. The Morgan fingerprint density at radius 2 is 2.16 bits per heavy atom. The molecule has 0 aromatic heterocycles. The Hall–Kier alpha value is -1.71. The lowest BCUT2D eigenvalue weighted by molar-refractivity contribution is 0.0697. The van der Waals surface area contributed by atoms with E-state index in [1.54, 1.807) is 25.3 Å². The van der Waals surface area contributed by atoms with Gasteiger partial charge in [-0.1, -0.05) is 26.7 Å². The molecular weight excluding hydrogens is 242 g/mol. The zero-order chi connectivity index (χ0) is 14.3. The van der Waals surface area contributed by atoms with Crippen molar-refractivity contribution in [1.29, 1.82) is 0 Å². The highest BCUT2D eigenvalue weighted by Gasteiger charge is 2.12. The fourth-order valence-corrected chi connectivity index (χ4v) is 2.00. The van der Waals surface area contributed by atoms with Gasteiger partial charge in [0.05, 0.1) is 18.4 Å². The number of rotatable bonds is 8. The van der Waals surface area contributed by atoms with Gasteiger partial charge < -0.3 is 15.2 Å². The van der Waals surface area contributed by atoms with E-state index < -0.39 is 5.97 Å². The first-order valence-electron chi connectivity index (χ1n) is 6.80. The molecule has 0 aliphatic carbocycles. The highest BCUT2D eigenvalue weighted by Crippen LogP contribution is 2.27. The number of anilines is 1. The Kier molecular flexibility index (Phi) is 6.19. The molecule has 1 aromatic rings. The van der Waals surface area contributed by atoms with Crippen LogP contribution in [0.3, 0.4) is 0 Å². The molecule has 0 fully saturated rings. The molecule has 19 heavy (non-hydrogen) atoms. The minimum Gasteiger partial charge on any atom is -0.495 e. The maximum absolute atomic E-state index is 11.0. The summed E-state index contributed by atoms with van der Waals surface area (Å²) in [6.45, 7) is 4.29. The summed E-state index contributed by atoms with van der Waals surface area (Å²) in [5.74, 6) is -0.243. The summed E-state index contributed by atoms with van der Waals surface area (Å²) in [5, 5.41) is 12.4. The van der Waals surface area contributed by atoms with Crippen LogP contribution in [-0.2, 0) is 0 Å². The SMILES string of the molecule is CCCCC(CC)Nc1cc(C(=O)O)ccc1OC. The number of benzene rings is 1. The van der Waals surface area contributed by atoms with Gasteiger partial charge in [0, 0.05) is 6.04 Å². The molecule has 0 spiro atoms. The van der Waals surface area contributed by atoms with Gasteiger partial charge in [0.25, 0.3) is 0 Å². The highest BCUT2D eigenvalue weighted by molar-refractivity contribution is 5.89. The fraction of sp³-hybridized carbons (Fsp3) is 0.533. The predicted octanol–water partition coefficient (Wildman–Crippen LogP) is 3.77. The lowest BCUT2D eigenvalue weighted by Gasteiger charge is -2.20. The van der Waals surface area contributed by atoms with Crippen LogP contribution in [0.1, 0.15) is 49.9 Å². The maximum Gasteiger partial charge on any atom is 0.335 e. The number of aromatic carboxylic acids is 1. The van der Waals surface area contributed by atoms with Gasteiger partial charge in [-0.05, 0) is 31.0 Å². The third-order valence-corrected chi connectivity index (χ3v) is 3.20. The molecule has 106 valence electrons. The third-order valence-electron chi connectivity index (χ3n) is 3.20. The zero-order valence-electron chi connectivity index (χ0n) is 11.9. The second-order valence-electron chi connectivity index (χ2n) is 4.61. The summed E-state index contributed by atoms with van der Waals surface area (Å²) < 4.78 is 5.27. The van der Waals surface area contributed by atoms with Crippen LogP contribution in [0.25, 0.3) is 0 Å². The summed E-state index contributed by atoms with van der Waals surface area (Å²) >= 11 is 0. The Morgan fingerprint density at radius 1 is 1.42 bits per heavy atom. The molecule has 1 unspecified atom stereocenters. The lowest BCUT2D eigenvalue weighted by atomic mass is 10.1. The van der Waals surface area contributed by atoms with Crippen LogP contribution in [0, 0.1) is 0 Å². The first-order chi connectivity index (χ1) is 9.12. The summed E-state index contributed by atoms with van der Waals surface area (Å²) in [6, 6.07) is 5.23. The topological polar surface area (TPSA) is 58.6 Å². The standard InChI is InChI=1S/C15H23NO3/c1-4-6-7-12(5-2)16-13-10-11(15(17)18)8-9-14(13)19-3/h8-10,12,16H,4-7H2,1-3H3,(H,17,18). The summed E-state index contributed by atoms with van der Waals surface area (Å²) in [4.78, 5) is 11.0. The first-order valence-corrected chi connectivity index (χ1v) is 6.80. The molecule has 4 nitrogen and oxygen atoms in total. The third kappa shape index (κ3) is 4.47. The Bertz CT molecular complexity index is 418. The van der Waals surface area contributed by atoms with Crippen molar-refractivity contribution in [3.63, 3.8) is 0 Å². The lowest BCUT2D eigenvalue weighted by Crippen LogP contribution is -2.19. The zero-order valence-corrected chi connectivity index (χ0v) is 11.9. The van der Waals surface area contributed by atoms with Crippen molar-refractivity contribution in [3.05, 3.63) is 23.8 Å². The van der Waals surface area contributed by atoms with Crippen molar-refractivity contribution in [2.75, 3.05) is 12.4 Å². The molecule has 2 N–H and O–H groups in total. The molecule has 0 radical (unpaired) electrons. The van der Waals surface area contributed by atoms with Gasteiger partial charge in [-0.15, -0.1) is 0 Å². The van der Waals surface area contributed by atoms with E-state index in [1.807, 2.05) is 0 Å². The minimum atomic E-state index is -0.924. The van der Waals surface area contributed by atoms with Gasteiger partial charge in [-0.25, -0.2) is 4.79 Å². The van der Waals surface area contributed by atoms with Crippen LogP contribution in [0.5, 0.6) is 5.75 Å². The smallest absolute Gasteiger partial charge is 0.335 e. The quantitative estimate of drug-likeness (QED) is 0.751. The first kappa shape index (κ1) is 15.3. The van der Waals surface area contributed by atoms with Gasteiger partial charge in [-0.2, -0.15) is 0 Å². The normalized spacial score (nSPS) is 11.9. The molecule has 0 saturated carbocycles. The summed E-state index contributed by atoms with van der Waals surface area (Å²) in [7, 11) is 1.59.